The summed E-state index contributed by atoms with van der Waals surface area (Å²) in [6.07, 6.45) is 2.46. The maximum absolute atomic E-state index is 11.9. The predicted molar refractivity (Wildman–Crippen MR) is 76.4 cm³/mol. The van der Waals surface area contributed by atoms with Gasteiger partial charge in [0.15, 0.2) is 0 Å². The van der Waals surface area contributed by atoms with Gasteiger partial charge in [0, 0.05) is 12.5 Å². The fourth-order valence-corrected chi connectivity index (χ4v) is 4.00. The minimum Gasteiger partial charge on any atom is -0.353 e. The smallest absolute Gasteiger partial charge is 0.220 e. The van der Waals surface area contributed by atoms with Crippen LogP contribution >= 0.6 is 0 Å². The molecule has 0 saturated carbocycles. The van der Waals surface area contributed by atoms with Crippen LogP contribution in [-0.4, -0.2) is 38.4 Å². The lowest BCUT2D eigenvalue weighted by molar-refractivity contribution is -0.122. The summed E-state index contributed by atoms with van der Waals surface area (Å²) in [6, 6.07) is 0.00787. The molecular weight excluding hydrogens is 264 g/mol. The summed E-state index contributed by atoms with van der Waals surface area (Å²) in [5.74, 6) is 1.11. The van der Waals surface area contributed by atoms with Crippen molar-refractivity contribution < 1.29 is 13.2 Å². The molecule has 19 heavy (non-hydrogen) atoms. The van der Waals surface area contributed by atoms with E-state index in [0.717, 1.165) is 6.42 Å². The van der Waals surface area contributed by atoms with Crippen LogP contribution < -0.4 is 11.1 Å². The highest BCUT2D eigenvalue weighted by Crippen LogP contribution is 2.16. The fourth-order valence-electron chi connectivity index (χ4n) is 2.51. The van der Waals surface area contributed by atoms with Crippen LogP contribution in [0.15, 0.2) is 0 Å². The molecule has 0 aromatic rings. The quantitative estimate of drug-likeness (QED) is 0.753. The van der Waals surface area contributed by atoms with Crippen molar-refractivity contribution in [3.63, 3.8) is 0 Å². The molecule has 0 aromatic carbocycles. The second kappa shape index (κ2) is 7.24. The van der Waals surface area contributed by atoms with Gasteiger partial charge in [0.25, 0.3) is 0 Å². The third-order valence-corrected chi connectivity index (χ3v) is 5.25. The summed E-state index contributed by atoms with van der Waals surface area (Å²) in [6.45, 7) is 4.75. The second-order valence-electron chi connectivity index (χ2n) is 5.93. The van der Waals surface area contributed by atoms with E-state index in [1.807, 2.05) is 0 Å². The van der Waals surface area contributed by atoms with Crippen LogP contribution in [0.4, 0.5) is 0 Å². The lowest BCUT2D eigenvalue weighted by atomic mass is 9.94. The first-order chi connectivity index (χ1) is 8.82. The number of hydrogen-bond acceptors (Lipinski definition) is 4. The first-order valence-corrected chi connectivity index (χ1v) is 8.84. The minimum absolute atomic E-state index is 0.000368. The maximum Gasteiger partial charge on any atom is 0.220 e. The van der Waals surface area contributed by atoms with E-state index in [4.69, 9.17) is 5.73 Å². The van der Waals surface area contributed by atoms with E-state index < -0.39 is 9.84 Å². The van der Waals surface area contributed by atoms with Crippen LogP contribution in [-0.2, 0) is 14.6 Å². The SMILES string of the molecule is CC(C)C[C@H](CN)CC(=O)NC1CCS(=O)(=O)CC1. The Morgan fingerprint density at radius 3 is 2.37 bits per heavy atom. The molecule has 3 N–H and O–H groups in total. The Hall–Kier alpha value is -0.620. The Labute approximate surface area is 116 Å². The van der Waals surface area contributed by atoms with Crippen molar-refractivity contribution in [1.82, 2.24) is 5.32 Å². The Kier molecular flexibility index (Phi) is 6.26. The van der Waals surface area contributed by atoms with Crippen molar-refractivity contribution in [3.8, 4) is 0 Å². The highest BCUT2D eigenvalue weighted by molar-refractivity contribution is 7.91. The molecule has 1 amide bonds. The number of rotatable bonds is 6. The number of nitrogens with two attached hydrogens (primary N) is 1. The van der Waals surface area contributed by atoms with Crippen LogP contribution in [0.2, 0.25) is 0 Å². The van der Waals surface area contributed by atoms with E-state index in [2.05, 4.69) is 19.2 Å². The number of carbonyl (C=O) groups excluding carboxylic acids is 1. The van der Waals surface area contributed by atoms with Gasteiger partial charge in [-0.15, -0.1) is 0 Å². The van der Waals surface area contributed by atoms with Crippen LogP contribution in [0.3, 0.4) is 0 Å². The number of carbonyl (C=O) groups is 1. The average Bonchev–Trinajstić information content (AvgIpc) is 2.30. The van der Waals surface area contributed by atoms with E-state index in [1.165, 1.54) is 0 Å². The van der Waals surface area contributed by atoms with Gasteiger partial charge in [0.2, 0.25) is 5.91 Å². The Bertz CT molecular complexity index is 379. The van der Waals surface area contributed by atoms with Gasteiger partial charge in [-0.1, -0.05) is 13.8 Å². The van der Waals surface area contributed by atoms with E-state index in [1.54, 1.807) is 0 Å². The third-order valence-electron chi connectivity index (χ3n) is 3.53. The van der Waals surface area contributed by atoms with Crippen molar-refractivity contribution in [2.45, 2.75) is 45.6 Å². The second-order valence-corrected chi connectivity index (χ2v) is 8.23. The number of hydrogen-bond donors (Lipinski definition) is 2. The summed E-state index contributed by atoms with van der Waals surface area (Å²) in [5.41, 5.74) is 5.68. The van der Waals surface area contributed by atoms with Gasteiger partial charge in [0.1, 0.15) is 9.84 Å². The number of sulfone groups is 1. The van der Waals surface area contributed by atoms with E-state index >= 15 is 0 Å². The van der Waals surface area contributed by atoms with Crippen LogP contribution in [0.5, 0.6) is 0 Å². The average molecular weight is 290 g/mol. The van der Waals surface area contributed by atoms with Crippen LogP contribution in [0.1, 0.15) is 39.5 Å². The fraction of sp³-hybridized carbons (Fsp3) is 0.923. The molecule has 1 heterocycles. The van der Waals surface area contributed by atoms with Crippen molar-refractivity contribution >= 4 is 15.7 Å². The summed E-state index contributed by atoms with van der Waals surface area (Å²) < 4.78 is 22.6. The minimum atomic E-state index is -2.87. The Morgan fingerprint density at radius 2 is 1.89 bits per heavy atom. The van der Waals surface area contributed by atoms with Crippen LogP contribution in [0.25, 0.3) is 0 Å². The summed E-state index contributed by atoms with van der Waals surface area (Å²) >= 11 is 0. The molecule has 0 bridgehead atoms. The topological polar surface area (TPSA) is 89.3 Å². The van der Waals surface area contributed by atoms with Crippen molar-refractivity contribution in [2.24, 2.45) is 17.6 Å². The van der Waals surface area contributed by atoms with Crippen LogP contribution in [0, 0.1) is 11.8 Å². The first kappa shape index (κ1) is 16.4. The standard InChI is InChI=1S/C13H26N2O3S/c1-10(2)7-11(9-14)8-13(16)15-12-3-5-19(17,18)6-4-12/h10-12H,3-9,14H2,1-2H3,(H,15,16)/t11-/m0/s1. The van der Waals surface area contributed by atoms with Gasteiger partial charge >= 0.3 is 0 Å². The molecule has 0 aromatic heterocycles. The maximum atomic E-state index is 11.9. The zero-order chi connectivity index (χ0) is 14.5. The molecule has 0 unspecified atom stereocenters. The van der Waals surface area contributed by atoms with Gasteiger partial charge in [-0.05, 0) is 37.6 Å². The molecule has 0 aliphatic carbocycles. The first-order valence-electron chi connectivity index (χ1n) is 7.02. The lowest BCUT2D eigenvalue weighted by Crippen LogP contribution is -2.41. The summed E-state index contributed by atoms with van der Waals surface area (Å²) in [7, 11) is -2.87. The zero-order valence-corrected chi connectivity index (χ0v) is 12.7. The molecule has 1 aliphatic rings. The zero-order valence-electron chi connectivity index (χ0n) is 11.9. The molecule has 0 radical (unpaired) electrons. The van der Waals surface area contributed by atoms with E-state index in [0.29, 0.717) is 31.7 Å². The molecule has 112 valence electrons. The van der Waals surface area contributed by atoms with Gasteiger partial charge < -0.3 is 11.1 Å². The van der Waals surface area contributed by atoms with E-state index in [-0.39, 0.29) is 29.4 Å². The highest BCUT2D eigenvalue weighted by atomic mass is 32.2. The van der Waals surface area contributed by atoms with Gasteiger partial charge in [0.05, 0.1) is 11.5 Å². The lowest BCUT2D eigenvalue weighted by Gasteiger charge is -2.24. The number of nitrogens with one attached hydrogen (secondary N) is 1. The van der Waals surface area contributed by atoms with Crippen molar-refractivity contribution in [1.29, 1.82) is 0 Å². The highest BCUT2D eigenvalue weighted by Gasteiger charge is 2.25. The van der Waals surface area contributed by atoms with Gasteiger partial charge in [-0.3, -0.25) is 4.79 Å². The van der Waals surface area contributed by atoms with Crippen molar-refractivity contribution in [3.05, 3.63) is 0 Å². The molecule has 6 heteroatoms. The normalized spacial score (nSPS) is 21.3. The molecule has 5 nitrogen and oxygen atoms in total. The molecule has 1 rings (SSSR count). The summed E-state index contributed by atoms with van der Waals surface area (Å²) in [4.78, 5) is 11.9. The number of amides is 1. The largest absolute Gasteiger partial charge is 0.353 e. The predicted octanol–water partition coefficient (Wildman–Crippen LogP) is 0.691. The molecule has 1 fully saturated rings. The third kappa shape index (κ3) is 6.38. The molecule has 1 aliphatic heterocycles. The Balaban J connectivity index is 2.35. The van der Waals surface area contributed by atoms with Gasteiger partial charge in [-0.2, -0.15) is 0 Å². The van der Waals surface area contributed by atoms with Gasteiger partial charge in [-0.25, -0.2) is 8.42 Å². The molecule has 1 saturated heterocycles. The monoisotopic (exact) mass is 290 g/mol. The van der Waals surface area contributed by atoms with E-state index in [9.17, 15) is 13.2 Å². The Morgan fingerprint density at radius 1 is 1.32 bits per heavy atom. The molecule has 0 spiro atoms. The molecular formula is C13H26N2O3S. The van der Waals surface area contributed by atoms with Crippen molar-refractivity contribution in [2.75, 3.05) is 18.1 Å². The summed E-state index contributed by atoms with van der Waals surface area (Å²) in [5, 5.41) is 2.94. The molecule has 1 atom stereocenters.